The number of aryl methyl sites for hydroxylation is 4. The summed E-state index contributed by atoms with van der Waals surface area (Å²) in [7, 11) is 0. The number of rotatable bonds is 7. The number of hydrogen-bond donors (Lipinski definition) is 0. The maximum atomic E-state index is 5.12. The molecule has 8 aromatic carbocycles. The summed E-state index contributed by atoms with van der Waals surface area (Å²) in [6, 6.07) is 65.3. The average molecular weight is 1060 g/mol. The molecule has 0 N–H and O–H groups in total. The summed E-state index contributed by atoms with van der Waals surface area (Å²) in [5, 5.41) is 6.96. The molecule has 0 saturated carbocycles. The van der Waals surface area contributed by atoms with Crippen LogP contribution < -0.4 is 0 Å². The Bertz CT molecular complexity index is 3820. The van der Waals surface area contributed by atoms with Crippen LogP contribution in [0.5, 0.6) is 0 Å². The van der Waals surface area contributed by atoms with Gasteiger partial charge in [-0.1, -0.05) is 146 Å². The number of hydrogen-bond acceptors (Lipinski definition) is 2. The Morgan fingerprint density at radius 1 is 0.471 bits per heavy atom. The van der Waals surface area contributed by atoms with Crippen molar-refractivity contribution in [2.24, 2.45) is 5.92 Å². The minimum Gasteiger partial charge on any atom is -0.339 e. The van der Waals surface area contributed by atoms with Gasteiger partial charge in [0.05, 0.1) is 22.7 Å². The molecule has 4 aromatic heterocycles. The Morgan fingerprint density at radius 3 is 1.40 bits per heavy atom. The van der Waals surface area contributed by atoms with E-state index in [4.69, 9.17) is 9.97 Å². The van der Waals surface area contributed by atoms with E-state index in [9.17, 15) is 0 Å². The van der Waals surface area contributed by atoms with Gasteiger partial charge in [-0.2, -0.15) is 0 Å². The van der Waals surface area contributed by atoms with Crippen molar-refractivity contribution in [3.05, 3.63) is 216 Å². The summed E-state index contributed by atoms with van der Waals surface area (Å²) in [5.74, 6) is 0.712. The van der Waals surface area contributed by atoms with E-state index in [0.717, 1.165) is 39.9 Å². The Labute approximate surface area is 413 Å². The molecule has 0 aliphatic heterocycles. The van der Waals surface area contributed by atoms with Gasteiger partial charge in [-0.15, -0.1) is 59.3 Å². The zero-order valence-electron chi connectivity index (χ0n) is 39.3. The zero-order chi connectivity index (χ0) is 45.8. The van der Waals surface area contributed by atoms with Crippen LogP contribution in [0.3, 0.4) is 0 Å². The molecule has 0 spiro atoms. The van der Waals surface area contributed by atoms with E-state index in [1.807, 2.05) is 12.1 Å². The normalized spacial score (nSPS) is 11.9. The van der Waals surface area contributed by atoms with Crippen molar-refractivity contribution in [3.63, 3.8) is 0 Å². The quantitative estimate of drug-likeness (QED) is 0.118. The molecule has 0 fully saturated rings. The second-order valence-corrected chi connectivity index (χ2v) is 18.3. The van der Waals surface area contributed by atoms with Crippen molar-refractivity contribution in [1.82, 2.24) is 18.8 Å². The predicted molar refractivity (Wildman–Crippen MR) is 282 cm³/mol. The molecule has 12 aromatic rings. The van der Waals surface area contributed by atoms with E-state index in [-0.39, 0.29) is 21.1 Å². The molecule has 0 aliphatic rings. The molecular weight excluding hydrogens is 1010 g/mol. The first-order chi connectivity index (χ1) is 32.7. The first-order valence-corrected chi connectivity index (χ1v) is 23.5. The fraction of sp³-hybridized carbons (Fsp3) is 0.143. The van der Waals surface area contributed by atoms with Crippen molar-refractivity contribution in [2.75, 3.05) is 0 Å². The number of benzene rings is 8. The first kappa shape index (κ1) is 44.7. The smallest absolute Gasteiger partial charge is 0.339 e. The molecule has 1 unspecified atom stereocenters. The minimum atomic E-state index is 0. The van der Waals surface area contributed by atoms with E-state index in [0.29, 0.717) is 5.92 Å². The molecule has 68 heavy (non-hydrogen) atoms. The maximum Gasteiger partial charge on any atom is 2.00 e. The summed E-state index contributed by atoms with van der Waals surface area (Å²) in [4.78, 5) is 10.2. The third kappa shape index (κ3) is 8.01. The topological polar surface area (TPSA) is 34.6 Å². The third-order valence-electron chi connectivity index (χ3n) is 13.8. The summed E-state index contributed by atoms with van der Waals surface area (Å²) >= 11 is 0. The standard InChI is InChI=1S/C34H31N2.C29H21N2.Pt/c1-5-22(2)18-25-14-16-26(17-15-25)27-19-24(4)33-31(20-27)29-12-8-9-13-30(29)34-35-32(21-36(33)34)28-11-7-6-10-23(28)3;1-19-10-6-7-13-23(19)27-18-31-28-20(2)16-22(21-11-4-3-5-12-21)17-26(28)24-14-8-9-15-25(24)29(31)30-27;/h6-12,14-17,19-22H,5,18H2,1-4H3;3-14,16-18H,1-2H3;/q2*-1;+2. The molecule has 4 nitrogen and oxygen atoms in total. The summed E-state index contributed by atoms with van der Waals surface area (Å²) in [6.45, 7) is 13.3. The van der Waals surface area contributed by atoms with Crippen LogP contribution in [-0.4, -0.2) is 18.8 Å². The summed E-state index contributed by atoms with van der Waals surface area (Å²) in [5.41, 5.74) is 20.0. The van der Waals surface area contributed by atoms with Crippen molar-refractivity contribution >= 4 is 54.6 Å². The van der Waals surface area contributed by atoms with E-state index < -0.39 is 0 Å². The average Bonchev–Trinajstić information content (AvgIpc) is 4.01. The molecule has 4 heterocycles. The van der Waals surface area contributed by atoms with E-state index in [1.54, 1.807) is 0 Å². The fourth-order valence-electron chi connectivity index (χ4n) is 10.1. The monoisotopic (exact) mass is 1060 g/mol. The van der Waals surface area contributed by atoms with E-state index in [2.05, 4.69) is 227 Å². The Hall–Kier alpha value is -7.13. The molecule has 0 bridgehead atoms. The maximum absolute atomic E-state index is 5.12. The van der Waals surface area contributed by atoms with E-state index in [1.165, 1.54) is 100 Å². The van der Waals surface area contributed by atoms with Crippen LogP contribution in [-0.2, 0) is 27.5 Å². The number of imidazole rings is 2. The van der Waals surface area contributed by atoms with Gasteiger partial charge in [0.15, 0.2) is 0 Å². The van der Waals surface area contributed by atoms with Gasteiger partial charge in [-0.05, 0) is 113 Å². The number of pyridine rings is 2. The molecule has 12 rings (SSSR count). The minimum absolute atomic E-state index is 0. The number of aromatic nitrogens is 4. The zero-order valence-corrected chi connectivity index (χ0v) is 41.6. The molecule has 0 aliphatic carbocycles. The van der Waals surface area contributed by atoms with Crippen molar-refractivity contribution < 1.29 is 21.1 Å². The number of nitrogens with zero attached hydrogens (tertiary/aromatic N) is 4. The Kier molecular flexibility index (Phi) is 12.2. The van der Waals surface area contributed by atoms with Gasteiger partial charge in [0.1, 0.15) is 0 Å². The van der Waals surface area contributed by atoms with Crippen molar-refractivity contribution in [3.8, 4) is 44.8 Å². The largest absolute Gasteiger partial charge is 2.00 e. The van der Waals surface area contributed by atoms with Crippen LogP contribution in [0, 0.1) is 45.7 Å². The Balaban J connectivity index is 0.000000158. The fourth-order valence-corrected chi connectivity index (χ4v) is 10.1. The second-order valence-electron chi connectivity index (χ2n) is 18.3. The van der Waals surface area contributed by atoms with Crippen LogP contribution >= 0.6 is 0 Å². The summed E-state index contributed by atoms with van der Waals surface area (Å²) in [6.07, 6.45) is 6.71. The van der Waals surface area contributed by atoms with Crippen LogP contribution in [0.15, 0.2) is 176 Å². The molecule has 5 heteroatoms. The predicted octanol–water partition coefficient (Wildman–Crippen LogP) is 16.4. The third-order valence-corrected chi connectivity index (χ3v) is 13.8. The second kappa shape index (κ2) is 18.5. The van der Waals surface area contributed by atoms with E-state index >= 15 is 0 Å². The van der Waals surface area contributed by atoms with Gasteiger partial charge in [-0.25, -0.2) is 0 Å². The van der Waals surface area contributed by atoms with Crippen LogP contribution in [0.25, 0.3) is 99.4 Å². The molecule has 0 saturated heterocycles. The SMILES string of the molecule is CCC(C)Cc1ccc(-c2cc(C)c3c(c2)c2ccc[c-]c2c2nc(-c4ccccc4C)cn23)cc1.Cc1ccccc1-c1cn2c(n1)c1[c-]cccc1c1cc(-c3ccccc3)cc(C)c12.[Pt+2]. The van der Waals surface area contributed by atoms with Gasteiger partial charge in [-0.3, -0.25) is 9.97 Å². The van der Waals surface area contributed by atoms with Crippen LogP contribution in [0.4, 0.5) is 0 Å². The van der Waals surface area contributed by atoms with Crippen molar-refractivity contribution in [2.45, 2.75) is 54.4 Å². The van der Waals surface area contributed by atoms with Gasteiger partial charge in [0, 0.05) is 34.6 Å². The first-order valence-electron chi connectivity index (χ1n) is 23.5. The van der Waals surface area contributed by atoms with Gasteiger partial charge >= 0.3 is 21.1 Å². The van der Waals surface area contributed by atoms with Gasteiger partial charge in [0.2, 0.25) is 0 Å². The Morgan fingerprint density at radius 2 is 0.926 bits per heavy atom. The van der Waals surface area contributed by atoms with Crippen molar-refractivity contribution in [1.29, 1.82) is 0 Å². The number of fused-ring (bicyclic) bond motifs is 12. The van der Waals surface area contributed by atoms with Crippen LogP contribution in [0.2, 0.25) is 0 Å². The molecular formula is C63H52N4Pt. The van der Waals surface area contributed by atoms with Gasteiger partial charge in [0.25, 0.3) is 0 Å². The van der Waals surface area contributed by atoms with Crippen LogP contribution in [0.1, 0.15) is 48.1 Å². The van der Waals surface area contributed by atoms with Gasteiger partial charge < -0.3 is 8.80 Å². The molecule has 334 valence electrons. The molecule has 0 amide bonds. The molecule has 1 atom stereocenters. The molecule has 0 radical (unpaired) electrons. The summed E-state index contributed by atoms with van der Waals surface area (Å²) < 4.78 is 4.52.